The maximum Gasteiger partial charge on any atom is 0.317 e. The maximum atomic E-state index is 12.5. The number of likely N-dealkylation sites (tertiary alicyclic amines) is 1. The number of rotatable bonds is 6. The van der Waals surface area contributed by atoms with Crippen molar-refractivity contribution in [1.82, 2.24) is 20.5 Å². The summed E-state index contributed by atoms with van der Waals surface area (Å²) in [5.41, 5.74) is 2.05. The number of hydrogen-bond donors (Lipinski definition) is 2. The van der Waals surface area contributed by atoms with Crippen molar-refractivity contribution in [1.29, 1.82) is 0 Å². The Kier molecular flexibility index (Phi) is 7.00. The summed E-state index contributed by atoms with van der Waals surface area (Å²) in [6.45, 7) is 3.74. The molecule has 0 unspecified atom stereocenters. The molecule has 2 heterocycles. The van der Waals surface area contributed by atoms with E-state index in [0.717, 1.165) is 11.3 Å². The van der Waals surface area contributed by atoms with Crippen LogP contribution in [0.25, 0.3) is 0 Å². The molecule has 0 saturated carbocycles. The van der Waals surface area contributed by atoms with Gasteiger partial charge in [-0.15, -0.1) is 0 Å². The lowest BCUT2D eigenvalue weighted by Gasteiger charge is -2.32. The van der Waals surface area contributed by atoms with Crippen molar-refractivity contribution in [3.8, 4) is 0 Å². The normalized spacial score (nSPS) is 15.7. The number of hydrogen-bond acceptors (Lipinski definition) is 3. The molecule has 6 heteroatoms. The average Bonchev–Trinajstić information content (AvgIpc) is 2.73. The van der Waals surface area contributed by atoms with Gasteiger partial charge in [0, 0.05) is 49.9 Å². The van der Waals surface area contributed by atoms with E-state index in [1.54, 1.807) is 11.1 Å². The molecule has 2 N–H and O–H groups in total. The number of amides is 3. The zero-order chi connectivity index (χ0) is 19.8. The van der Waals surface area contributed by atoms with Crippen LogP contribution in [0.15, 0.2) is 54.7 Å². The van der Waals surface area contributed by atoms with Gasteiger partial charge in [0.2, 0.25) is 5.91 Å². The fourth-order valence-corrected chi connectivity index (χ4v) is 3.46. The molecular weight excluding hydrogens is 352 g/mol. The van der Waals surface area contributed by atoms with E-state index < -0.39 is 0 Å². The number of nitrogens with zero attached hydrogens (tertiary/aromatic N) is 2. The Labute approximate surface area is 166 Å². The molecule has 0 spiro atoms. The first-order chi connectivity index (χ1) is 13.6. The second-order valence-electron chi connectivity index (χ2n) is 7.34. The van der Waals surface area contributed by atoms with Crippen LogP contribution in [0.5, 0.6) is 0 Å². The van der Waals surface area contributed by atoms with Gasteiger partial charge in [0.15, 0.2) is 0 Å². The van der Waals surface area contributed by atoms with Gasteiger partial charge in [0.05, 0.1) is 0 Å². The van der Waals surface area contributed by atoms with Gasteiger partial charge < -0.3 is 15.5 Å². The molecule has 1 saturated heterocycles. The van der Waals surface area contributed by atoms with E-state index in [2.05, 4.69) is 15.6 Å². The Morgan fingerprint density at radius 3 is 2.50 bits per heavy atom. The van der Waals surface area contributed by atoms with Crippen LogP contribution in [0.1, 0.15) is 31.0 Å². The van der Waals surface area contributed by atoms with Crippen LogP contribution in [0, 0.1) is 5.92 Å². The van der Waals surface area contributed by atoms with Crippen molar-refractivity contribution in [2.75, 3.05) is 13.1 Å². The van der Waals surface area contributed by atoms with Crippen LogP contribution in [0.2, 0.25) is 0 Å². The summed E-state index contributed by atoms with van der Waals surface area (Å²) >= 11 is 0. The minimum atomic E-state index is -0.0634. The van der Waals surface area contributed by atoms with E-state index in [1.807, 2.05) is 55.5 Å². The van der Waals surface area contributed by atoms with Gasteiger partial charge in [-0.1, -0.05) is 36.4 Å². The Balaban J connectivity index is 1.39. The Bertz CT molecular complexity index is 759. The highest BCUT2D eigenvalue weighted by Crippen LogP contribution is 2.18. The fraction of sp³-hybridized carbons (Fsp3) is 0.409. The fourth-order valence-electron chi connectivity index (χ4n) is 3.46. The predicted octanol–water partition coefficient (Wildman–Crippen LogP) is 2.75. The molecule has 1 fully saturated rings. The minimum Gasteiger partial charge on any atom is -0.352 e. The molecule has 28 heavy (non-hydrogen) atoms. The molecule has 0 radical (unpaired) electrons. The smallest absolute Gasteiger partial charge is 0.317 e. The molecule has 1 aromatic carbocycles. The van der Waals surface area contributed by atoms with Crippen molar-refractivity contribution >= 4 is 11.9 Å². The van der Waals surface area contributed by atoms with E-state index in [4.69, 9.17) is 0 Å². The number of piperidine rings is 1. The summed E-state index contributed by atoms with van der Waals surface area (Å²) in [5, 5.41) is 6.04. The molecule has 148 valence electrons. The lowest BCUT2D eigenvalue weighted by Crippen LogP contribution is -2.49. The number of pyridine rings is 1. The second-order valence-corrected chi connectivity index (χ2v) is 7.34. The van der Waals surface area contributed by atoms with Crippen molar-refractivity contribution in [2.45, 2.75) is 38.8 Å². The molecular formula is C22H28N4O2. The summed E-state index contributed by atoms with van der Waals surface area (Å²) in [6.07, 6.45) is 3.85. The summed E-state index contributed by atoms with van der Waals surface area (Å²) in [4.78, 5) is 31.0. The third-order valence-corrected chi connectivity index (χ3v) is 5.07. The number of benzene rings is 1. The van der Waals surface area contributed by atoms with E-state index in [1.165, 1.54) is 0 Å². The molecule has 2 aromatic rings. The van der Waals surface area contributed by atoms with Crippen molar-refractivity contribution < 1.29 is 9.59 Å². The molecule has 1 aliphatic rings. The first-order valence-electron chi connectivity index (χ1n) is 9.89. The van der Waals surface area contributed by atoms with Gasteiger partial charge in [-0.05, 0) is 37.5 Å². The van der Waals surface area contributed by atoms with Crippen LogP contribution < -0.4 is 10.6 Å². The predicted molar refractivity (Wildman–Crippen MR) is 109 cm³/mol. The minimum absolute atomic E-state index is 0.00861. The van der Waals surface area contributed by atoms with Crippen molar-refractivity contribution in [3.05, 3.63) is 66.0 Å². The molecule has 0 aliphatic carbocycles. The van der Waals surface area contributed by atoms with Gasteiger partial charge in [-0.2, -0.15) is 0 Å². The van der Waals surface area contributed by atoms with E-state index >= 15 is 0 Å². The first-order valence-corrected chi connectivity index (χ1v) is 9.89. The zero-order valence-corrected chi connectivity index (χ0v) is 16.3. The second kappa shape index (κ2) is 9.88. The number of carbonyl (C=O) groups is 2. The third kappa shape index (κ3) is 5.81. The number of urea groups is 1. The highest BCUT2D eigenvalue weighted by atomic mass is 16.2. The maximum absolute atomic E-state index is 12.5. The number of aromatic nitrogens is 1. The SMILES string of the molecule is C[C@H](Cc1ccccn1)NC(=O)N1CCC(C(=O)NCc2ccccc2)CC1. The molecule has 6 nitrogen and oxygen atoms in total. The number of carbonyl (C=O) groups excluding carboxylic acids is 2. The van der Waals surface area contributed by atoms with Crippen LogP contribution in [-0.4, -0.2) is 41.0 Å². The van der Waals surface area contributed by atoms with Gasteiger partial charge in [0.25, 0.3) is 0 Å². The monoisotopic (exact) mass is 380 g/mol. The highest BCUT2D eigenvalue weighted by Gasteiger charge is 2.27. The molecule has 1 aliphatic heterocycles. The van der Waals surface area contributed by atoms with Crippen LogP contribution in [-0.2, 0) is 17.8 Å². The van der Waals surface area contributed by atoms with Crippen molar-refractivity contribution in [2.24, 2.45) is 5.92 Å². The lowest BCUT2D eigenvalue weighted by atomic mass is 9.96. The van der Waals surface area contributed by atoms with E-state index in [-0.39, 0.29) is 23.9 Å². The topological polar surface area (TPSA) is 74.3 Å². The Morgan fingerprint density at radius 1 is 1.11 bits per heavy atom. The molecule has 3 rings (SSSR count). The van der Waals surface area contributed by atoms with Crippen LogP contribution in [0.3, 0.4) is 0 Å². The lowest BCUT2D eigenvalue weighted by molar-refractivity contribution is -0.126. The molecule has 3 amide bonds. The van der Waals surface area contributed by atoms with E-state index in [9.17, 15) is 9.59 Å². The van der Waals surface area contributed by atoms with E-state index in [0.29, 0.717) is 38.9 Å². The quantitative estimate of drug-likeness (QED) is 0.809. The summed E-state index contributed by atoms with van der Waals surface area (Å²) in [7, 11) is 0. The standard InChI is InChI=1S/C22H28N4O2/c1-17(15-20-9-5-6-12-23-20)25-22(28)26-13-10-19(11-14-26)21(27)24-16-18-7-3-2-4-8-18/h2-9,12,17,19H,10-11,13-16H2,1H3,(H,24,27)(H,25,28)/t17-/m1/s1. The van der Waals surface area contributed by atoms with Gasteiger partial charge >= 0.3 is 6.03 Å². The average molecular weight is 380 g/mol. The zero-order valence-electron chi connectivity index (χ0n) is 16.3. The first kappa shape index (κ1) is 19.9. The third-order valence-electron chi connectivity index (χ3n) is 5.07. The van der Waals surface area contributed by atoms with Crippen molar-refractivity contribution in [3.63, 3.8) is 0 Å². The largest absolute Gasteiger partial charge is 0.352 e. The molecule has 0 bridgehead atoms. The molecule has 1 atom stereocenters. The van der Waals surface area contributed by atoms with Gasteiger partial charge in [-0.25, -0.2) is 4.79 Å². The summed E-state index contributed by atoms with van der Waals surface area (Å²) in [6, 6.07) is 15.6. The van der Waals surface area contributed by atoms with Crippen LogP contribution >= 0.6 is 0 Å². The Morgan fingerprint density at radius 2 is 1.82 bits per heavy atom. The highest BCUT2D eigenvalue weighted by molar-refractivity contribution is 5.79. The summed E-state index contributed by atoms with van der Waals surface area (Å²) in [5.74, 6) is 0.0473. The molecule has 1 aromatic heterocycles. The van der Waals surface area contributed by atoms with Gasteiger partial charge in [-0.3, -0.25) is 9.78 Å². The number of nitrogens with one attached hydrogen (secondary N) is 2. The van der Waals surface area contributed by atoms with Crippen LogP contribution in [0.4, 0.5) is 4.79 Å². The van der Waals surface area contributed by atoms with Gasteiger partial charge in [0.1, 0.15) is 0 Å². The summed E-state index contributed by atoms with van der Waals surface area (Å²) < 4.78 is 0. The Hall–Kier alpha value is -2.89.